The number of halogens is 1. The second-order valence-electron chi connectivity index (χ2n) is 10.4. The number of imide groups is 1. The number of carbonyl (C=O) groups excluding carboxylic acids is 3. The summed E-state index contributed by atoms with van der Waals surface area (Å²) in [5.74, 6) is -1.05. The number of piperidine rings is 1. The maximum atomic E-state index is 15.1. The van der Waals surface area contributed by atoms with Crippen molar-refractivity contribution in [1.82, 2.24) is 15.1 Å². The van der Waals surface area contributed by atoms with Gasteiger partial charge in [0, 0.05) is 43.6 Å². The predicted molar refractivity (Wildman–Crippen MR) is 130 cm³/mol. The van der Waals surface area contributed by atoms with E-state index in [1.807, 2.05) is 6.07 Å². The van der Waals surface area contributed by atoms with Crippen LogP contribution in [0.25, 0.3) is 0 Å². The minimum atomic E-state index is -0.721. The number of nitrogens with one attached hydrogen (secondary N) is 1. The van der Waals surface area contributed by atoms with E-state index in [4.69, 9.17) is 4.74 Å². The van der Waals surface area contributed by atoms with Gasteiger partial charge in [0.05, 0.1) is 0 Å². The van der Waals surface area contributed by atoms with E-state index >= 15 is 4.39 Å². The lowest BCUT2D eigenvalue weighted by molar-refractivity contribution is -0.136. The quantitative estimate of drug-likeness (QED) is 0.649. The third-order valence-corrected chi connectivity index (χ3v) is 8.17. The molecule has 6 rings (SSSR count). The molecular weight excluding hydrogens is 461 g/mol. The second-order valence-corrected chi connectivity index (χ2v) is 10.4. The number of rotatable bonds is 5. The molecule has 3 heterocycles. The molecule has 36 heavy (non-hydrogen) atoms. The van der Waals surface area contributed by atoms with Crippen molar-refractivity contribution in [3.63, 3.8) is 0 Å². The fourth-order valence-electron chi connectivity index (χ4n) is 6.17. The molecule has 2 aromatic carbocycles. The first-order valence-electron chi connectivity index (χ1n) is 12.9. The molecule has 7 nitrogen and oxygen atoms in total. The Balaban J connectivity index is 1.15. The van der Waals surface area contributed by atoms with E-state index in [-0.39, 0.29) is 54.7 Å². The lowest BCUT2D eigenvalue weighted by Gasteiger charge is -2.48. The number of nitrogens with zero attached hydrogens (tertiary/aromatic N) is 2. The fourth-order valence-corrected chi connectivity index (χ4v) is 6.17. The van der Waals surface area contributed by atoms with Gasteiger partial charge in [-0.25, -0.2) is 4.39 Å². The van der Waals surface area contributed by atoms with Gasteiger partial charge in [-0.15, -0.1) is 0 Å². The number of hydrogen-bond acceptors (Lipinski definition) is 5. The SMILES string of the molecule is O=C1CC[C@@H](N2Cc3cc(O[C@@H]4CCCC[C@@H]4N4CC(c5ccccc5)C4)c(F)cc3C2=O)C(=O)N1. The highest BCUT2D eigenvalue weighted by molar-refractivity contribution is 6.05. The van der Waals surface area contributed by atoms with Gasteiger partial charge in [-0.1, -0.05) is 36.8 Å². The second kappa shape index (κ2) is 9.32. The molecule has 3 atom stereocenters. The van der Waals surface area contributed by atoms with Crippen LogP contribution in [0.3, 0.4) is 0 Å². The van der Waals surface area contributed by atoms with Crippen molar-refractivity contribution < 1.29 is 23.5 Å². The third kappa shape index (κ3) is 4.17. The molecule has 2 saturated heterocycles. The Bertz CT molecular complexity index is 1200. The van der Waals surface area contributed by atoms with Crippen LogP contribution in [0.1, 0.15) is 65.9 Å². The molecule has 2 aromatic rings. The van der Waals surface area contributed by atoms with Crippen LogP contribution >= 0.6 is 0 Å². The summed E-state index contributed by atoms with van der Waals surface area (Å²) in [6.07, 6.45) is 4.44. The highest BCUT2D eigenvalue weighted by atomic mass is 19.1. The van der Waals surface area contributed by atoms with Gasteiger partial charge in [0.2, 0.25) is 11.8 Å². The van der Waals surface area contributed by atoms with E-state index in [1.165, 1.54) is 16.5 Å². The molecule has 0 unspecified atom stereocenters. The van der Waals surface area contributed by atoms with Crippen LogP contribution in [0, 0.1) is 5.82 Å². The predicted octanol–water partition coefficient (Wildman–Crippen LogP) is 3.38. The fraction of sp³-hybridized carbons (Fsp3) is 0.464. The first-order chi connectivity index (χ1) is 17.5. The van der Waals surface area contributed by atoms with Crippen LogP contribution in [-0.2, 0) is 16.1 Å². The first-order valence-corrected chi connectivity index (χ1v) is 12.9. The number of hydrogen-bond donors (Lipinski definition) is 1. The summed E-state index contributed by atoms with van der Waals surface area (Å²) >= 11 is 0. The topological polar surface area (TPSA) is 79.0 Å². The molecule has 188 valence electrons. The van der Waals surface area contributed by atoms with Crippen molar-refractivity contribution in [3.8, 4) is 5.75 Å². The standard InChI is InChI=1S/C28H30FN3O4/c29-21-13-20-18(16-32(28(20)35)23-10-11-26(33)30-27(23)34)12-25(21)36-24-9-5-4-8-22(24)31-14-19(15-31)17-6-2-1-3-7-17/h1-3,6-7,12-13,19,22-24H,4-5,8-11,14-16H2,(H,30,33,34)/t22-,23+,24+/m0/s1. The normalized spacial score (nSPS) is 27.0. The van der Waals surface area contributed by atoms with Gasteiger partial charge in [-0.05, 0) is 48.9 Å². The summed E-state index contributed by atoms with van der Waals surface area (Å²) in [6.45, 7) is 2.17. The van der Waals surface area contributed by atoms with Crippen LogP contribution in [-0.4, -0.2) is 58.8 Å². The molecule has 1 aliphatic carbocycles. The Morgan fingerprint density at radius 2 is 1.75 bits per heavy atom. The molecule has 0 aromatic heterocycles. The lowest BCUT2D eigenvalue weighted by atomic mass is 9.84. The molecule has 1 N–H and O–H groups in total. The summed E-state index contributed by atoms with van der Waals surface area (Å²) in [5.41, 5.74) is 2.27. The Morgan fingerprint density at radius 1 is 0.972 bits per heavy atom. The highest BCUT2D eigenvalue weighted by Gasteiger charge is 2.41. The zero-order valence-corrected chi connectivity index (χ0v) is 20.1. The summed E-state index contributed by atoms with van der Waals surface area (Å²) in [7, 11) is 0. The molecule has 4 aliphatic rings. The van der Waals surface area contributed by atoms with Crippen LogP contribution < -0.4 is 10.1 Å². The highest BCUT2D eigenvalue weighted by Crippen LogP contribution is 2.37. The number of fused-ring (bicyclic) bond motifs is 1. The van der Waals surface area contributed by atoms with E-state index in [9.17, 15) is 14.4 Å². The molecule has 8 heteroatoms. The smallest absolute Gasteiger partial charge is 0.255 e. The van der Waals surface area contributed by atoms with Crippen molar-refractivity contribution in [2.45, 2.75) is 69.2 Å². The maximum absolute atomic E-state index is 15.1. The Kier molecular flexibility index (Phi) is 5.99. The molecule has 0 bridgehead atoms. The average Bonchev–Trinajstić information content (AvgIpc) is 3.15. The number of carbonyl (C=O) groups is 3. The van der Waals surface area contributed by atoms with Crippen molar-refractivity contribution in [2.24, 2.45) is 0 Å². The van der Waals surface area contributed by atoms with Gasteiger partial charge in [-0.2, -0.15) is 0 Å². The van der Waals surface area contributed by atoms with Crippen LogP contribution in [0.5, 0.6) is 5.75 Å². The van der Waals surface area contributed by atoms with E-state index in [0.717, 1.165) is 38.8 Å². The molecule has 3 aliphatic heterocycles. The zero-order chi connectivity index (χ0) is 24.8. The van der Waals surface area contributed by atoms with Crippen LogP contribution in [0.2, 0.25) is 0 Å². The summed E-state index contributed by atoms with van der Waals surface area (Å²) in [6, 6.07) is 12.9. The Labute approximate surface area is 209 Å². The van der Waals surface area contributed by atoms with E-state index < -0.39 is 17.8 Å². The van der Waals surface area contributed by atoms with Crippen LogP contribution in [0.15, 0.2) is 42.5 Å². The van der Waals surface area contributed by atoms with Crippen molar-refractivity contribution in [2.75, 3.05) is 13.1 Å². The summed E-state index contributed by atoms with van der Waals surface area (Å²) in [4.78, 5) is 40.7. The average molecular weight is 492 g/mol. The summed E-state index contributed by atoms with van der Waals surface area (Å²) in [5, 5.41) is 2.30. The molecular formula is C28H30FN3O4. The number of benzene rings is 2. The van der Waals surface area contributed by atoms with E-state index in [2.05, 4.69) is 34.5 Å². The third-order valence-electron chi connectivity index (χ3n) is 8.17. The number of likely N-dealkylation sites (tertiary alicyclic amines) is 1. The van der Waals surface area contributed by atoms with Gasteiger partial charge in [0.1, 0.15) is 12.1 Å². The largest absolute Gasteiger partial charge is 0.486 e. The molecule has 3 fully saturated rings. The van der Waals surface area contributed by atoms with Crippen molar-refractivity contribution in [1.29, 1.82) is 0 Å². The van der Waals surface area contributed by atoms with Gasteiger partial charge in [0.25, 0.3) is 5.91 Å². The monoisotopic (exact) mass is 491 g/mol. The molecule has 1 saturated carbocycles. The van der Waals surface area contributed by atoms with Gasteiger partial charge >= 0.3 is 0 Å². The van der Waals surface area contributed by atoms with Crippen molar-refractivity contribution in [3.05, 3.63) is 65.0 Å². The summed E-state index contributed by atoms with van der Waals surface area (Å²) < 4.78 is 21.4. The van der Waals surface area contributed by atoms with Gasteiger partial charge < -0.3 is 9.64 Å². The van der Waals surface area contributed by atoms with Gasteiger partial charge in [-0.3, -0.25) is 24.6 Å². The maximum Gasteiger partial charge on any atom is 0.255 e. The molecule has 3 amide bonds. The minimum Gasteiger partial charge on any atom is -0.486 e. The van der Waals surface area contributed by atoms with Gasteiger partial charge in [0.15, 0.2) is 11.6 Å². The number of ether oxygens (including phenoxy) is 1. The zero-order valence-electron chi connectivity index (χ0n) is 20.1. The van der Waals surface area contributed by atoms with E-state index in [1.54, 1.807) is 6.07 Å². The molecule has 0 radical (unpaired) electrons. The minimum absolute atomic E-state index is 0.105. The number of amides is 3. The first kappa shape index (κ1) is 23.2. The Morgan fingerprint density at radius 3 is 2.53 bits per heavy atom. The van der Waals surface area contributed by atoms with Crippen LogP contribution in [0.4, 0.5) is 4.39 Å². The lowest BCUT2D eigenvalue weighted by Crippen LogP contribution is -2.57. The Hall–Kier alpha value is -3.26. The van der Waals surface area contributed by atoms with Crippen molar-refractivity contribution >= 4 is 17.7 Å². The van der Waals surface area contributed by atoms with E-state index in [0.29, 0.717) is 11.5 Å². The molecule has 0 spiro atoms.